The Labute approximate surface area is 163 Å². The topological polar surface area (TPSA) is 68.7 Å². The number of hydrogen-bond acceptors (Lipinski definition) is 5. The standard InChI is InChI=1S/C22H22N2O4/c25-19-7-4-15-3-5-16(11-18(15)19)24-10-9-20(22(24)26)28-17-6-8-21(23-12-17)27-13-14-1-2-14/h3,5-6,8,11-12,14,20H,1-2,4,7,9-10,13H2. The van der Waals surface area contributed by atoms with Crippen molar-refractivity contribution in [2.24, 2.45) is 5.92 Å². The summed E-state index contributed by atoms with van der Waals surface area (Å²) in [6.45, 7) is 1.29. The van der Waals surface area contributed by atoms with Gasteiger partial charge >= 0.3 is 0 Å². The molecule has 2 fully saturated rings. The first-order valence-corrected chi connectivity index (χ1v) is 9.90. The Morgan fingerprint density at radius 2 is 1.96 bits per heavy atom. The minimum absolute atomic E-state index is 0.0838. The number of ketones is 1. The van der Waals surface area contributed by atoms with Gasteiger partial charge in [-0.25, -0.2) is 4.98 Å². The summed E-state index contributed by atoms with van der Waals surface area (Å²) in [6, 6.07) is 9.30. The zero-order chi connectivity index (χ0) is 19.1. The number of rotatable bonds is 6. The third kappa shape index (κ3) is 3.35. The van der Waals surface area contributed by atoms with E-state index in [2.05, 4.69) is 4.98 Å². The second kappa shape index (κ2) is 6.93. The first-order chi connectivity index (χ1) is 13.7. The zero-order valence-corrected chi connectivity index (χ0v) is 15.6. The van der Waals surface area contributed by atoms with Crippen molar-refractivity contribution >= 4 is 17.4 Å². The van der Waals surface area contributed by atoms with Gasteiger partial charge in [-0.1, -0.05) is 6.07 Å². The van der Waals surface area contributed by atoms with Gasteiger partial charge in [0.05, 0.1) is 12.8 Å². The number of ether oxygens (including phenoxy) is 2. The molecule has 0 N–H and O–H groups in total. The van der Waals surface area contributed by atoms with Gasteiger partial charge in [0.25, 0.3) is 5.91 Å². The number of carbonyl (C=O) groups excluding carboxylic acids is 2. The average molecular weight is 378 g/mol. The summed E-state index contributed by atoms with van der Waals surface area (Å²) in [6.07, 6.45) is 5.49. The van der Waals surface area contributed by atoms with E-state index in [-0.39, 0.29) is 11.7 Å². The first kappa shape index (κ1) is 17.2. The van der Waals surface area contributed by atoms with E-state index < -0.39 is 6.10 Å². The van der Waals surface area contributed by atoms with Crippen LogP contribution < -0.4 is 14.4 Å². The van der Waals surface area contributed by atoms with Crippen molar-refractivity contribution < 1.29 is 19.1 Å². The van der Waals surface area contributed by atoms with Gasteiger partial charge in [-0.15, -0.1) is 0 Å². The molecule has 6 nitrogen and oxygen atoms in total. The molecule has 0 radical (unpaired) electrons. The Hall–Kier alpha value is -2.89. The number of benzene rings is 1. The molecule has 6 heteroatoms. The molecule has 0 spiro atoms. The molecule has 1 aliphatic heterocycles. The Morgan fingerprint density at radius 1 is 1.07 bits per heavy atom. The second-order valence-corrected chi connectivity index (χ2v) is 7.74. The molecule has 1 amide bonds. The number of aromatic nitrogens is 1. The molecule has 2 aliphatic carbocycles. The van der Waals surface area contributed by atoms with Crippen molar-refractivity contribution in [1.29, 1.82) is 0 Å². The maximum absolute atomic E-state index is 12.8. The van der Waals surface area contributed by atoms with Crippen LogP contribution in [0.5, 0.6) is 11.6 Å². The SMILES string of the molecule is O=C1CCc2ccc(N3CCC(Oc4ccc(OCC5CC5)nc4)C3=O)cc21. The molecule has 5 rings (SSSR count). The zero-order valence-electron chi connectivity index (χ0n) is 15.6. The van der Waals surface area contributed by atoms with E-state index in [4.69, 9.17) is 9.47 Å². The van der Waals surface area contributed by atoms with Gasteiger partial charge in [0.1, 0.15) is 5.75 Å². The average Bonchev–Trinajstić information content (AvgIpc) is 3.39. The van der Waals surface area contributed by atoms with Crippen molar-refractivity contribution in [3.05, 3.63) is 47.7 Å². The number of amides is 1. The molecule has 1 aromatic carbocycles. The summed E-state index contributed by atoms with van der Waals surface area (Å²) in [4.78, 5) is 30.8. The summed E-state index contributed by atoms with van der Waals surface area (Å²) in [5.74, 6) is 1.89. The number of nitrogens with zero attached hydrogens (tertiary/aromatic N) is 2. The first-order valence-electron chi connectivity index (χ1n) is 9.90. The Balaban J connectivity index is 1.23. The Morgan fingerprint density at radius 3 is 2.75 bits per heavy atom. The molecular formula is C22H22N2O4. The van der Waals surface area contributed by atoms with Crippen molar-refractivity contribution in [2.45, 2.75) is 38.2 Å². The van der Waals surface area contributed by atoms with Crippen LogP contribution in [0.4, 0.5) is 5.69 Å². The third-order valence-electron chi connectivity index (χ3n) is 5.63. The lowest BCUT2D eigenvalue weighted by Crippen LogP contribution is -2.32. The van der Waals surface area contributed by atoms with Crippen molar-refractivity contribution in [2.75, 3.05) is 18.1 Å². The number of pyridine rings is 1. The van der Waals surface area contributed by atoms with Gasteiger partial charge in [-0.05, 0) is 48.9 Å². The van der Waals surface area contributed by atoms with Crippen molar-refractivity contribution in [3.8, 4) is 11.6 Å². The van der Waals surface area contributed by atoms with Gasteiger partial charge in [-0.3, -0.25) is 9.59 Å². The lowest BCUT2D eigenvalue weighted by molar-refractivity contribution is -0.122. The predicted molar refractivity (Wildman–Crippen MR) is 103 cm³/mol. The Kier molecular flexibility index (Phi) is 4.26. The molecule has 144 valence electrons. The van der Waals surface area contributed by atoms with Crippen LogP contribution in [0.1, 0.15) is 41.6 Å². The maximum atomic E-state index is 12.8. The molecule has 2 heterocycles. The van der Waals surface area contributed by atoms with Gasteiger partial charge in [0.15, 0.2) is 11.9 Å². The smallest absolute Gasteiger partial charge is 0.268 e. The second-order valence-electron chi connectivity index (χ2n) is 7.74. The van der Waals surface area contributed by atoms with Crippen LogP contribution in [0.15, 0.2) is 36.5 Å². The summed E-state index contributed by atoms with van der Waals surface area (Å²) in [5, 5.41) is 0. The molecule has 1 unspecified atom stereocenters. The number of aryl methyl sites for hydroxylation is 1. The molecule has 1 atom stereocenters. The van der Waals surface area contributed by atoms with Crippen LogP contribution in [-0.2, 0) is 11.2 Å². The van der Waals surface area contributed by atoms with Crippen molar-refractivity contribution in [3.63, 3.8) is 0 Å². The fraction of sp³-hybridized carbons (Fsp3) is 0.409. The number of Topliss-reactive ketones (excluding diaryl/α,β-unsaturated/α-hetero) is 1. The maximum Gasteiger partial charge on any atom is 0.268 e. The van der Waals surface area contributed by atoms with Gasteiger partial charge in [0.2, 0.25) is 5.88 Å². The van der Waals surface area contributed by atoms with E-state index in [1.54, 1.807) is 23.2 Å². The van der Waals surface area contributed by atoms with E-state index in [1.165, 1.54) is 12.8 Å². The van der Waals surface area contributed by atoms with Crippen LogP contribution in [0.25, 0.3) is 0 Å². The van der Waals surface area contributed by atoms with E-state index in [9.17, 15) is 9.59 Å². The molecule has 2 aromatic rings. The summed E-state index contributed by atoms with van der Waals surface area (Å²) in [7, 11) is 0. The largest absolute Gasteiger partial charge is 0.479 e. The number of fused-ring (bicyclic) bond motifs is 1. The monoisotopic (exact) mass is 378 g/mol. The highest BCUT2D eigenvalue weighted by Crippen LogP contribution is 2.31. The van der Waals surface area contributed by atoms with E-state index in [0.717, 1.165) is 23.2 Å². The fourth-order valence-corrected chi connectivity index (χ4v) is 3.79. The molecule has 1 aromatic heterocycles. The van der Waals surface area contributed by atoms with Crippen LogP contribution in [0, 0.1) is 5.92 Å². The van der Waals surface area contributed by atoms with Crippen LogP contribution >= 0.6 is 0 Å². The van der Waals surface area contributed by atoms with E-state index >= 15 is 0 Å². The molecule has 1 saturated heterocycles. The van der Waals surface area contributed by atoms with Gasteiger partial charge < -0.3 is 14.4 Å². The minimum Gasteiger partial charge on any atom is -0.479 e. The lowest BCUT2D eigenvalue weighted by Gasteiger charge is -2.18. The van der Waals surface area contributed by atoms with Crippen molar-refractivity contribution in [1.82, 2.24) is 4.98 Å². The summed E-state index contributed by atoms with van der Waals surface area (Å²) in [5.41, 5.74) is 2.59. The molecular weight excluding hydrogens is 356 g/mol. The summed E-state index contributed by atoms with van der Waals surface area (Å²) < 4.78 is 11.5. The van der Waals surface area contributed by atoms with Gasteiger partial charge in [-0.2, -0.15) is 0 Å². The number of anilines is 1. The number of hydrogen-bond donors (Lipinski definition) is 0. The molecule has 28 heavy (non-hydrogen) atoms. The fourth-order valence-electron chi connectivity index (χ4n) is 3.79. The predicted octanol–water partition coefficient (Wildman–Crippen LogP) is 3.18. The van der Waals surface area contributed by atoms with E-state index in [1.807, 2.05) is 18.2 Å². The number of carbonyl (C=O) groups is 2. The highest BCUT2D eigenvalue weighted by atomic mass is 16.5. The molecule has 3 aliphatic rings. The van der Waals surface area contributed by atoms with E-state index in [0.29, 0.717) is 43.5 Å². The lowest BCUT2D eigenvalue weighted by atomic mass is 10.1. The summed E-state index contributed by atoms with van der Waals surface area (Å²) >= 11 is 0. The quantitative estimate of drug-likeness (QED) is 0.772. The highest BCUT2D eigenvalue weighted by molar-refractivity contribution is 6.04. The normalized spacial score (nSPS) is 21.1. The minimum atomic E-state index is -0.538. The molecule has 0 bridgehead atoms. The highest BCUT2D eigenvalue weighted by Gasteiger charge is 2.35. The van der Waals surface area contributed by atoms with Crippen LogP contribution in [-0.4, -0.2) is 35.9 Å². The van der Waals surface area contributed by atoms with Crippen LogP contribution in [0.2, 0.25) is 0 Å². The molecule has 1 saturated carbocycles. The third-order valence-corrected chi connectivity index (χ3v) is 5.63. The van der Waals surface area contributed by atoms with Gasteiger partial charge in [0, 0.05) is 36.7 Å². The Bertz CT molecular complexity index is 921. The van der Waals surface area contributed by atoms with Crippen LogP contribution in [0.3, 0.4) is 0 Å².